The molecule has 1 aromatic carbocycles. The molecule has 21 heavy (non-hydrogen) atoms. The summed E-state index contributed by atoms with van der Waals surface area (Å²) in [5.74, 6) is 0. The summed E-state index contributed by atoms with van der Waals surface area (Å²) >= 11 is 0. The molecule has 0 aromatic heterocycles. The van der Waals surface area contributed by atoms with Crippen molar-refractivity contribution in [3.63, 3.8) is 0 Å². The third-order valence-corrected chi connectivity index (χ3v) is 6.41. The van der Waals surface area contributed by atoms with Crippen molar-refractivity contribution in [2.45, 2.75) is 45.1 Å². The maximum Gasteiger partial charge on any atom is 0.244 e. The lowest BCUT2D eigenvalue weighted by Crippen LogP contribution is -2.48. The highest BCUT2D eigenvalue weighted by molar-refractivity contribution is 7.89. The first kappa shape index (κ1) is 16.3. The molecule has 1 heterocycles. The lowest BCUT2D eigenvalue weighted by Gasteiger charge is -2.35. The Morgan fingerprint density at radius 2 is 2.00 bits per heavy atom. The second-order valence-corrected chi connectivity index (χ2v) is 7.46. The zero-order valence-electron chi connectivity index (χ0n) is 13.1. The zero-order valence-corrected chi connectivity index (χ0v) is 14.0. The number of benzene rings is 1. The van der Waals surface area contributed by atoms with Gasteiger partial charge in [0, 0.05) is 18.3 Å². The van der Waals surface area contributed by atoms with Gasteiger partial charge in [-0.2, -0.15) is 4.31 Å². The van der Waals surface area contributed by atoms with E-state index in [1.54, 1.807) is 11.2 Å². The number of morpholine rings is 1. The third kappa shape index (κ3) is 2.80. The van der Waals surface area contributed by atoms with Crippen molar-refractivity contribution < 1.29 is 13.2 Å². The summed E-state index contributed by atoms with van der Waals surface area (Å²) in [6.45, 7) is 8.77. The van der Waals surface area contributed by atoms with E-state index in [0.29, 0.717) is 35.9 Å². The van der Waals surface area contributed by atoms with Gasteiger partial charge in [-0.3, -0.25) is 0 Å². The first-order valence-corrected chi connectivity index (χ1v) is 8.70. The molecular formula is C15H24N2O3S. The van der Waals surface area contributed by atoms with Crippen molar-refractivity contribution in [3.8, 4) is 0 Å². The fourth-order valence-electron chi connectivity index (χ4n) is 2.97. The summed E-state index contributed by atoms with van der Waals surface area (Å²) in [6.07, 6.45) is 0.735. The molecule has 0 bridgehead atoms. The van der Waals surface area contributed by atoms with Crippen LogP contribution in [0.1, 0.15) is 30.0 Å². The minimum Gasteiger partial charge on any atom is -0.398 e. The Hall–Kier alpha value is -1.11. The molecule has 1 aliphatic heterocycles. The number of hydrogen-bond donors (Lipinski definition) is 1. The SMILES string of the molecule is CCC1COCCN1S(=O)(=O)c1c(C)cc(C)c(N)c1C. The number of hydrogen-bond acceptors (Lipinski definition) is 4. The van der Waals surface area contributed by atoms with E-state index in [2.05, 4.69) is 0 Å². The molecule has 1 aromatic rings. The van der Waals surface area contributed by atoms with Crippen molar-refractivity contribution in [3.05, 3.63) is 22.8 Å². The number of rotatable bonds is 3. The average Bonchev–Trinajstić information content (AvgIpc) is 2.44. The Bertz CT molecular complexity index is 641. The van der Waals surface area contributed by atoms with Gasteiger partial charge in [-0.05, 0) is 43.9 Å². The molecule has 0 spiro atoms. The second kappa shape index (κ2) is 5.94. The summed E-state index contributed by atoms with van der Waals surface area (Å²) in [6, 6.07) is 1.74. The number of nitrogens with zero attached hydrogens (tertiary/aromatic N) is 1. The van der Waals surface area contributed by atoms with Crippen LogP contribution in [0, 0.1) is 20.8 Å². The molecule has 1 aliphatic rings. The second-order valence-electron chi connectivity index (χ2n) is 5.63. The van der Waals surface area contributed by atoms with E-state index in [-0.39, 0.29) is 6.04 Å². The van der Waals surface area contributed by atoms with Crippen LogP contribution in [-0.2, 0) is 14.8 Å². The van der Waals surface area contributed by atoms with Gasteiger partial charge in [0.2, 0.25) is 10.0 Å². The summed E-state index contributed by atoms with van der Waals surface area (Å²) in [7, 11) is -3.55. The van der Waals surface area contributed by atoms with Gasteiger partial charge >= 0.3 is 0 Å². The van der Waals surface area contributed by atoms with Crippen molar-refractivity contribution in [2.75, 3.05) is 25.5 Å². The summed E-state index contributed by atoms with van der Waals surface area (Å²) in [4.78, 5) is 0.353. The number of nitrogens with two attached hydrogens (primary N) is 1. The minimum absolute atomic E-state index is 0.106. The molecule has 2 rings (SSSR count). The standard InChI is InChI=1S/C15H24N2O3S/c1-5-13-9-20-7-6-17(13)21(18,19)15-11(3)8-10(2)14(16)12(15)4/h8,13H,5-7,9,16H2,1-4H3. The maximum absolute atomic E-state index is 13.1. The summed E-state index contributed by atoms with van der Waals surface area (Å²) in [5.41, 5.74) is 8.91. The lowest BCUT2D eigenvalue weighted by atomic mass is 10.1. The van der Waals surface area contributed by atoms with E-state index in [1.165, 1.54) is 0 Å². The summed E-state index contributed by atoms with van der Waals surface area (Å²) in [5, 5.41) is 0. The maximum atomic E-state index is 13.1. The number of ether oxygens (including phenoxy) is 1. The monoisotopic (exact) mass is 312 g/mol. The first-order valence-electron chi connectivity index (χ1n) is 7.26. The van der Waals surface area contributed by atoms with Crippen LogP contribution in [-0.4, -0.2) is 38.5 Å². The van der Waals surface area contributed by atoms with E-state index in [0.717, 1.165) is 17.5 Å². The van der Waals surface area contributed by atoms with E-state index >= 15 is 0 Å². The van der Waals surface area contributed by atoms with Crippen LogP contribution in [0.3, 0.4) is 0 Å². The molecule has 2 N–H and O–H groups in total. The number of nitrogen functional groups attached to an aromatic ring is 1. The molecule has 5 nitrogen and oxygen atoms in total. The van der Waals surface area contributed by atoms with Crippen LogP contribution in [0.5, 0.6) is 0 Å². The molecular weight excluding hydrogens is 288 g/mol. The van der Waals surface area contributed by atoms with E-state index in [4.69, 9.17) is 10.5 Å². The van der Waals surface area contributed by atoms with Gasteiger partial charge < -0.3 is 10.5 Å². The zero-order chi connectivity index (χ0) is 15.8. The molecule has 0 amide bonds. The molecule has 1 fully saturated rings. The Labute approximate surface area is 127 Å². The quantitative estimate of drug-likeness (QED) is 0.866. The molecule has 0 aliphatic carbocycles. The molecule has 118 valence electrons. The highest BCUT2D eigenvalue weighted by atomic mass is 32.2. The normalized spacial score (nSPS) is 20.7. The van der Waals surface area contributed by atoms with Gasteiger partial charge in [-0.1, -0.05) is 13.0 Å². The molecule has 1 saturated heterocycles. The predicted octanol–water partition coefficient (Wildman–Crippen LogP) is 1.99. The predicted molar refractivity (Wildman–Crippen MR) is 83.9 cm³/mol. The molecule has 1 atom stereocenters. The smallest absolute Gasteiger partial charge is 0.244 e. The molecule has 6 heteroatoms. The Morgan fingerprint density at radius 3 is 2.62 bits per heavy atom. The average molecular weight is 312 g/mol. The van der Waals surface area contributed by atoms with Gasteiger partial charge in [0.1, 0.15) is 0 Å². The largest absolute Gasteiger partial charge is 0.398 e. The molecule has 0 radical (unpaired) electrons. The van der Waals surface area contributed by atoms with Crippen molar-refractivity contribution >= 4 is 15.7 Å². The van der Waals surface area contributed by atoms with E-state index < -0.39 is 10.0 Å². The van der Waals surface area contributed by atoms with Crippen LogP contribution < -0.4 is 5.73 Å². The fraction of sp³-hybridized carbons (Fsp3) is 0.600. The Kier molecular flexibility index (Phi) is 4.60. The highest BCUT2D eigenvalue weighted by Gasteiger charge is 2.35. The minimum atomic E-state index is -3.55. The van der Waals surface area contributed by atoms with Crippen LogP contribution in [0.25, 0.3) is 0 Å². The van der Waals surface area contributed by atoms with E-state index in [1.807, 2.05) is 26.8 Å². The Balaban J connectivity index is 2.56. The number of sulfonamides is 1. The van der Waals surface area contributed by atoms with Crippen LogP contribution in [0.15, 0.2) is 11.0 Å². The van der Waals surface area contributed by atoms with Crippen molar-refractivity contribution in [2.24, 2.45) is 0 Å². The summed E-state index contributed by atoms with van der Waals surface area (Å²) < 4.78 is 33.1. The lowest BCUT2D eigenvalue weighted by molar-refractivity contribution is 0.0314. The van der Waals surface area contributed by atoms with Gasteiger partial charge in [-0.25, -0.2) is 8.42 Å². The van der Waals surface area contributed by atoms with Gasteiger partial charge in [0.05, 0.1) is 18.1 Å². The van der Waals surface area contributed by atoms with E-state index in [9.17, 15) is 8.42 Å². The molecule has 0 saturated carbocycles. The first-order chi connectivity index (χ1) is 9.80. The fourth-order valence-corrected chi connectivity index (χ4v) is 5.09. The Morgan fingerprint density at radius 1 is 1.33 bits per heavy atom. The topological polar surface area (TPSA) is 72.6 Å². The van der Waals surface area contributed by atoms with Crippen LogP contribution in [0.4, 0.5) is 5.69 Å². The van der Waals surface area contributed by atoms with Crippen molar-refractivity contribution in [1.82, 2.24) is 4.31 Å². The number of aryl methyl sites for hydroxylation is 2. The van der Waals surface area contributed by atoms with Crippen LogP contribution in [0.2, 0.25) is 0 Å². The van der Waals surface area contributed by atoms with Crippen molar-refractivity contribution in [1.29, 1.82) is 0 Å². The number of anilines is 1. The van der Waals surface area contributed by atoms with Gasteiger partial charge in [-0.15, -0.1) is 0 Å². The highest BCUT2D eigenvalue weighted by Crippen LogP contribution is 2.32. The van der Waals surface area contributed by atoms with Crippen LogP contribution >= 0.6 is 0 Å². The third-order valence-electron chi connectivity index (χ3n) is 4.17. The van der Waals surface area contributed by atoms with Gasteiger partial charge in [0.15, 0.2) is 0 Å². The molecule has 1 unspecified atom stereocenters. The van der Waals surface area contributed by atoms with Gasteiger partial charge in [0.25, 0.3) is 0 Å².